The number of thioether (sulfide) groups is 1. The first-order chi connectivity index (χ1) is 18.5. The number of benzene rings is 2. The molecule has 0 amide bonds. The summed E-state index contributed by atoms with van der Waals surface area (Å²) >= 11 is 8.18. The molecule has 0 aliphatic rings. The lowest BCUT2D eigenvalue weighted by Gasteiger charge is -2.20. The highest BCUT2D eigenvalue weighted by Gasteiger charge is 2.27. The first-order valence-corrected chi connectivity index (χ1v) is 14.4. The van der Waals surface area contributed by atoms with Gasteiger partial charge in [-0.15, -0.1) is 10.2 Å². The van der Waals surface area contributed by atoms with E-state index in [1.807, 2.05) is 54.8 Å². The Morgan fingerprint density at radius 3 is 2.71 bits per heavy atom. The first kappa shape index (κ1) is 27.8. The summed E-state index contributed by atoms with van der Waals surface area (Å²) < 4.78 is 5.96. The predicted molar refractivity (Wildman–Crippen MR) is 151 cm³/mol. The minimum absolute atomic E-state index is 0.297. The molecule has 2 atom stereocenters. The van der Waals surface area contributed by atoms with Crippen LogP contribution in [-0.2, 0) is 22.4 Å². The molecule has 4 rings (SSSR count). The Balaban J connectivity index is 1.68. The molecule has 11 heteroatoms. The van der Waals surface area contributed by atoms with E-state index < -0.39 is 18.1 Å². The SMILES string of the molecule is CCCCc1nc(Cl)c([C@@H](Cc2ccc(-c3ccccc3)c(-c3nn[nH]n3)c2)OC(=O)[C@H](N)CCSC)[nH]1. The first-order valence-electron chi connectivity index (χ1n) is 12.6. The minimum Gasteiger partial charge on any atom is -0.454 e. The van der Waals surface area contributed by atoms with Crippen molar-refractivity contribution in [1.82, 2.24) is 30.6 Å². The average molecular weight is 554 g/mol. The molecule has 0 aliphatic carbocycles. The number of nitrogens with one attached hydrogen (secondary N) is 2. The number of unbranched alkanes of at least 4 members (excludes halogenated alkanes) is 1. The summed E-state index contributed by atoms with van der Waals surface area (Å²) in [5, 5.41) is 15.0. The fourth-order valence-electron chi connectivity index (χ4n) is 4.15. The molecule has 0 aliphatic heterocycles. The van der Waals surface area contributed by atoms with Gasteiger partial charge in [0.15, 0.2) is 5.15 Å². The van der Waals surface area contributed by atoms with Crippen molar-refractivity contribution in [2.45, 2.75) is 51.2 Å². The number of nitrogens with two attached hydrogens (primary N) is 1. The van der Waals surface area contributed by atoms with Gasteiger partial charge in [0, 0.05) is 18.4 Å². The fraction of sp³-hybridized carbons (Fsp3) is 0.370. The van der Waals surface area contributed by atoms with Crippen molar-refractivity contribution in [3.8, 4) is 22.5 Å². The molecule has 38 heavy (non-hydrogen) atoms. The molecule has 0 bridgehead atoms. The Labute approximate surface area is 231 Å². The van der Waals surface area contributed by atoms with E-state index in [-0.39, 0.29) is 0 Å². The molecule has 2 aromatic heterocycles. The quantitative estimate of drug-likeness (QED) is 0.193. The van der Waals surface area contributed by atoms with Crippen LogP contribution >= 0.6 is 23.4 Å². The molecular weight excluding hydrogens is 522 g/mol. The summed E-state index contributed by atoms with van der Waals surface area (Å²) in [7, 11) is 0. The van der Waals surface area contributed by atoms with E-state index in [2.05, 4.69) is 37.5 Å². The molecular formula is C27H32ClN7O2S. The van der Waals surface area contributed by atoms with Crippen LogP contribution in [0.3, 0.4) is 0 Å². The Kier molecular flexibility index (Phi) is 9.91. The summed E-state index contributed by atoms with van der Waals surface area (Å²) in [4.78, 5) is 20.7. The van der Waals surface area contributed by atoms with Gasteiger partial charge in [0.05, 0.1) is 5.69 Å². The van der Waals surface area contributed by atoms with E-state index in [9.17, 15) is 4.79 Å². The normalized spacial score (nSPS) is 12.8. The Hall–Kier alpha value is -3.21. The highest BCUT2D eigenvalue weighted by atomic mass is 35.5. The van der Waals surface area contributed by atoms with Crippen molar-refractivity contribution in [1.29, 1.82) is 0 Å². The number of aryl methyl sites for hydroxylation is 1. The van der Waals surface area contributed by atoms with E-state index in [1.165, 1.54) is 0 Å². The third-order valence-electron chi connectivity index (χ3n) is 6.19. The molecule has 2 heterocycles. The minimum atomic E-state index is -0.721. The summed E-state index contributed by atoms with van der Waals surface area (Å²) in [5.74, 6) is 1.54. The molecule has 0 spiro atoms. The molecule has 9 nitrogen and oxygen atoms in total. The number of esters is 1. The summed E-state index contributed by atoms with van der Waals surface area (Å²) in [6.45, 7) is 2.12. The molecule has 200 valence electrons. The van der Waals surface area contributed by atoms with Crippen molar-refractivity contribution in [3.05, 3.63) is 70.8 Å². The molecule has 2 aromatic carbocycles. The van der Waals surface area contributed by atoms with Gasteiger partial charge in [-0.1, -0.05) is 67.4 Å². The second kappa shape index (κ2) is 13.5. The third kappa shape index (κ3) is 7.00. The number of carbonyl (C=O) groups is 1. The van der Waals surface area contributed by atoms with Crippen LogP contribution in [0, 0.1) is 0 Å². The Morgan fingerprint density at radius 2 is 2.00 bits per heavy atom. The molecule has 0 saturated carbocycles. The van der Waals surface area contributed by atoms with Crippen molar-refractivity contribution in [2.75, 3.05) is 12.0 Å². The van der Waals surface area contributed by atoms with Gasteiger partial charge >= 0.3 is 5.97 Å². The third-order valence-corrected chi connectivity index (χ3v) is 7.13. The number of hydrogen-bond donors (Lipinski definition) is 3. The zero-order valence-corrected chi connectivity index (χ0v) is 23.1. The van der Waals surface area contributed by atoms with Gasteiger partial charge in [0.1, 0.15) is 18.0 Å². The van der Waals surface area contributed by atoms with Crippen molar-refractivity contribution < 1.29 is 9.53 Å². The van der Waals surface area contributed by atoms with Crippen LogP contribution in [0.4, 0.5) is 0 Å². The predicted octanol–water partition coefficient (Wildman–Crippen LogP) is 5.16. The average Bonchev–Trinajstić information content (AvgIpc) is 3.60. The molecule has 4 N–H and O–H groups in total. The number of ether oxygens (including phenoxy) is 1. The van der Waals surface area contributed by atoms with Gasteiger partial charge in [-0.25, -0.2) is 4.98 Å². The largest absolute Gasteiger partial charge is 0.454 e. The zero-order valence-electron chi connectivity index (χ0n) is 21.5. The van der Waals surface area contributed by atoms with Crippen LogP contribution in [0.25, 0.3) is 22.5 Å². The van der Waals surface area contributed by atoms with Gasteiger partial charge < -0.3 is 15.5 Å². The zero-order chi connectivity index (χ0) is 26.9. The Morgan fingerprint density at radius 1 is 1.18 bits per heavy atom. The van der Waals surface area contributed by atoms with Gasteiger partial charge in [-0.05, 0) is 52.8 Å². The van der Waals surface area contributed by atoms with Crippen molar-refractivity contribution >= 4 is 29.3 Å². The van der Waals surface area contributed by atoms with Crippen molar-refractivity contribution in [3.63, 3.8) is 0 Å². The maximum atomic E-state index is 12.9. The second-order valence-electron chi connectivity index (χ2n) is 8.99. The number of imidazole rings is 1. The van der Waals surface area contributed by atoms with E-state index in [0.29, 0.717) is 29.5 Å². The fourth-order valence-corrected chi connectivity index (χ4v) is 4.91. The number of tetrazole rings is 1. The number of halogens is 1. The topological polar surface area (TPSA) is 135 Å². The number of nitrogens with zero attached hydrogens (tertiary/aromatic N) is 4. The van der Waals surface area contributed by atoms with E-state index in [4.69, 9.17) is 22.1 Å². The highest BCUT2D eigenvalue weighted by Crippen LogP contribution is 2.34. The van der Waals surface area contributed by atoms with E-state index in [1.54, 1.807) is 11.8 Å². The van der Waals surface area contributed by atoms with Crippen LogP contribution in [0.2, 0.25) is 5.15 Å². The van der Waals surface area contributed by atoms with Crippen LogP contribution in [0.15, 0.2) is 48.5 Å². The summed E-state index contributed by atoms with van der Waals surface area (Å²) in [6, 6.07) is 15.3. The standard InChI is InChI=1S/C27H32ClN7O2S/c1-3-4-10-23-30-24(25(28)31-23)22(37-27(36)21(29)13-14-38-2)16-17-11-12-19(18-8-6-5-7-9-18)20(15-17)26-32-34-35-33-26/h5-9,11-12,15,21-22H,3-4,10,13-14,16,29H2,1-2H3,(H,30,31)(H,32,33,34,35)/t21-,22-/m1/s1. The number of rotatable bonds is 13. The number of carbonyl (C=O) groups excluding carboxylic acids is 1. The van der Waals surface area contributed by atoms with Gasteiger partial charge in [-0.3, -0.25) is 4.79 Å². The number of hydrogen-bond acceptors (Lipinski definition) is 8. The number of H-pyrrole nitrogens is 2. The lowest BCUT2D eigenvalue weighted by molar-refractivity contribution is -0.151. The molecule has 0 unspecified atom stereocenters. The van der Waals surface area contributed by atoms with Crippen LogP contribution in [0.1, 0.15) is 49.4 Å². The Bertz CT molecular complexity index is 1310. The second-order valence-corrected chi connectivity index (χ2v) is 10.3. The van der Waals surface area contributed by atoms with E-state index >= 15 is 0 Å². The lowest BCUT2D eigenvalue weighted by Crippen LogP contribution is -2.34. The number of aromatic amines is 2. The maximum Gasteiger partial charge on any atom is 0.323 e. The van der Waals surface area contributed by atoms with Crippen LogP contribution in [0.5, 0.6) is 0 Å². The van der Waals surface area contributed by atoms with Gasteiger partial charge in [-0.2, -0.15) is 17.0 Å². The smallest absolute Gasteiger partial charge is 0.323 e. The highest BCUT2D eigenvalue weighted by molar-refractivity contribution is 7.98. The summed E-state index contributed by atoms with van der Waals surface area (Å²) in [5.41, 5.74) is 10.4. The number of aromatic nitrogens is 6. The lowest BCUT2D eigenvalue weighted by atomic mass is 9.95. The summed E-state index contributed by atoms with van der Waals surface area (Å²) in [6.07, 6.45) is 4.93. The van der Waals surface area contributed by atoms with Gasteiger partial charge in [0.25, 0.3) is 0 Å². The molecule has 4 aromatic rings. The van der Waals surface area contributed by atoms with Crippen molar-refractivity contribution in [2.24, 2.45) is 5.73 Å². The molecule has 0 radical (unpaired) electrons. The molecule has 0 fully saturated rings. The maximum absolute atomic E-state index is 12.9. The van der Waals surface area contributed by atoms with Crippen LogP contribution in [-0.4, -0.2) is 54.6 Å². The molecule has 0 saturated heterocycles. The van der Waals surface area contributed by atoms with Crippen LogP contribution < -0.4 is 5.73 Å². The van der Waals surface area contributed by atoms with Gasteiger partial charge in [0.2, 0.25) is 5.82 Å². The monoisotopic (exact) mass is 553 g/mol. The van der Waals surface area contributed by atoms with E-state index in [0.717, 1.165) is 53.1 Å².